The van der Waals surface area contributed by atoms with Crippen molar-refractivity contribution in [2.24, 2.45) is 0 Å². The molecule has 6 nitrogen and oxygen atoms in total. The zero-order chi connectivity index (χ0) is 19.2. The molecule has 1 aliphatic carbocycles. The quantitative estimate of drug-likeness (QED) is 0.566. The number of hydrogen-bond acceptors (Lipinski definition) is 4. The van der Waals surface area contributed by atoms with Crippen LogP contribution in [0.4, 0.5) is 5.95 Å². The minimum atomic E-state index is -0.161. The zero-order valence-corrected chi connectivity index (χ0v) is 16.1. The van der Waals surface area contributed by atoms with Crippen LogP contribution in [-0.4, -0.2) is 33.4 Å². The second-order valence-electron chi connectivity index (χ2n) is 7.46. The molecule has 0 bridgehead atoms. The van der Waals surface area contributed by atoms with E-state index in [9.17, 15) is 4.79 Å². The summed E-state index contributed by atoms with van der Waals surface area (Å²) < 4.78 is 0. The number of H-pyrrole nitrogens is 1. The Hall–Kier alpha value is -2.89. The van der Waals surface area contributed by atoms with Gasteiger partial charge in [0, 0.05) is 35.9 Å². The van der Waals surface area contributed by atoms with Crippen LogP contribution < -0.4 is 10.6 Å². The predicted molar refractivity (Wildman–Crippen MR) is 111 cm³/mol. The first kappa shape index (κ1) is 18.5. The topological polar surface area (TPSA) is 82.7 Å². The Morgan fingerprint density at radius 1 is 1.11 bits per heavy atom. The molecular formula is C22H27N5O. The fourth-order valence-electron chi connectivity index (χ4n) is 3.90. The highest BCUT2D eigenvalue weighted by molar-refractivity contribution is 5.92. The van der Waals surface area contributed by atoms with Crippen molar-refractivity contribution in [3.8, 4) is 0 Å². The molecule has 0 radical (unpaired) electrons. The van der Waals surface area contributed by atoms with Crippen LogP contribution in [0, 0.1) is 0 Å². The first-order chi connectivity index (χ1) is 13.8. The number of carbonyl (C=O) groups is 1. The second kappa shape index (κ2) is 8.87. The summed E-state index contributed by atoms with van der Waals surface area (Å²) in [7, 11) is 0. The van der Waals surface area contributed by atoms with Crippen molar-refractivity contribution in [2.45, 2.75) is 51.0 Å². The van der Waals surface area contributed by atoms with Gasteiger partial charge in [-0.05, 0) is 37.0 Å². The van der Waals surface area contributed by atoms with Crippen LogP contribution in [0.5, 0.6) is 0 Å². The van der Waals surface area contributed by atoms with E-state index in [1.807, 2.05) is 18.3 Å². The molecule has 1 amide bonds. The number of nitrogens with zero attached hydrogens (tertiary/aromatic N) is 2. The van der Waals surface area contributed by atoms with E-state index in [0.29, 0.717) is 24.2 Å². The Morgan fingerprint density at radius 3 is 2.79 bits per heavy atom. The predicted octanol–water partition coefficient (Wildman–Crippen LogP) is 4.07. The molecule has 6 heteroatoms. The van der Waals surface area contributed by atoms with E-state index in [-0.39, 0.29) is 5.91 Å². The third-order valence-corrected chi connectivity index (χ3v) is 5.43. The van der Waals surface area contributed by atoms with Crippen molar-refractivity contribution >= 4 is 22.8 Å². The van der Waals surface area contributed by atoms with Gasteiger partial charge in [0.2, 0.25) is 5.95 Å². The molecule has 1 fully saturated rings. The Morgan fingerprint density at radius 2 is 1.93 bits per heavy atom. The Labute approximate surface area is 165 Å². The Bertz CT molecular complexity index is 927. The first-order valence-corrected chi connectivity index (χ1v) is 10.2. The minimum absolute atomic E-state index is 0.161. The summed E-state index contributed by atoms with van der Waals surface area (Å²) in [5, 5.41) is 7.58. The second-order valence-corrected chi connectivity index (χ2v) is 7.46. The smallest absolute Gasteiger partial charge is 0.270 e. The molecule has 146 valence electrons. The summed E-state index contributed by atoms with van der Waals surface area (Å²) >= 11 is 0. The zero-order valence-electron chi connectivity index (χ0n) is 16.1. The molecule has 0 saturated heterocycles. The highest BCUT2D eigenvalue weighted by Gasteiger charge is 2.14. The van der Waals surface area contributed by atoms with Gasteiger partial charge in [0.05, 0.1) is 0 Å². The van der Waals surface area contributed by atoms with Crippen LogP contribution in [0.1, 0.15) is 54.6 Å². The van der Waals surface area contributed by atoms with Gasteiger partial charge in [-0.25, -0.2) is 9.97 Å². The molecule has 0 spiro atoms. The van der Waals surface area contributed by atoms with Crippen LogP contribution in [0.2, 0.25) is 0 Å². The molecule has 1 saturated carbocycles. The van der Waals surface area contributed by atoms with E-state index in [2.05, 4.69) is 37.7 Å². The van der Waals surface area contributed by atoms with Gasteiger partial charge in [0.15, 0.2) is 0 Å². The van der Waals surface area contributed by atoms with Gasteiger partial charge in [-0.15, -0.1) is 0 Å². The summed E-state index contributed by atoms with van der Waals surface area (Å²) in [5.74, 6) is 0.391. The summed E-state index contributed by atoms with van der Waals surface area (Å²) in [6.45, 7) is 0.566. The van der Waals surface area contributed by atoms with E-state index >= 15 is 0 Å². The number of carbonyl (C=O) groups excluding carboxylic acids is 1. The summed E-state index contributed by atoms with van der Waals surface area (Å²) in [6, 6.07) is 10.3. The Balaban J connectivity index is 1.33. The van der Waals surface area contributed by atoms with Crippen LogP contribution in [0.3, 0.4) is 0 Å². The minimum Gasteiger partial charge on any atom is -0.361 e. The lowest BCUT2D eigenvalue weighted by Gasteiger charge is -2.16. The van der Waals surface area contributed by atoms with Crippen molar-refractivity contribution in [2.75, 3.05) is 11.9 Å². The number of hydrogen-bond donors (Lipinski definition) is 3. The van der Waals surface area contributed by atoms with Crippen molar-refractivity contribution in [3.05, 3.63) is 54.0 Å². The molecule has 1 aromatic carbocycles. The molecule has 0 atom stereocenters. The maximum atomic E-state index is 12.5. The largest absolute Gasteiger partial charge is 0.361 e. The van der Waals surface area contributed by atoms with E-state index < -0.39 is 0 Å². The average molecular weight is 377 g/mol. The average Bonchev–Trinajstić information content (AvgIpc) is 2.95. The highest BCUT2D eigenvalue weighted by atomic mass is 16.1. The van der Waals surface area contributed by atoms with Crippen molar-refractivity contribution in [1.29, 1.82) is 0 Å². The molecule has 2 heterocycles. The van der Waals surface area contributed by atoms with Gasteiger partial charge in [0.25, 0.3) is 5.91 Å². The van der Waals surface area contributed by atoms with Crippen molar-refractivity contribution < 1.29 is 4.79 Å². The highest BCUT2D eigenvalue weighted by Crippen LogP contribution is 2.20. The normalized spacial score (nSPS) is 15.3. The number of fused-ring (bicyclic) bond motifs is 1. The van der Waals surface area contributed by atoms with Gasteiger partial charge >= 0.3 is 0 Å². The monoisotopic (exact) mass is 377 g/mol. The van der Waals surface area contributed by atoms with E-state index in [4.69, 9.17) is 0 Å². The number of aromatic nitrogens is 3. The third-order valence-electron chi connectivity index (χ3n) is 5.43. The number of nitrogens with one attached hydrogen (secondary N) is 3. The molecule has 3 N–H and O–H groups in total. The number of aromatic amines is 1. The van der Waals surface area contributed by atoms with E-state index in [1.165, 1.54) is 36.6 Å². The summed E-state index contributed by atoms with van der Waals surface area (Å²) in [4.78, 5) is 24.5. The lowest BCUT2D eigenvalue weighted by atomic mass is 10.1. The van der Waals surface area contributed by atoms with Crippen LogP contribution in [0.25, 0.3) is 10.9 Å². The van der Waals surface area contributed by atoms with Crippen molar-refractivity contribution in [3.63, 3.8) is 0 Å². The molecule has 4 rings (SSSR count). The number of anilines is 1. The number of para-hydroxylation sites is 1. The molecule has 0 unspecified atom stereocenters. The maximum absolute atomic E-state index is 12.5. The van der Waals surface area contributed by atoms with E-state index in [1.54, 1.807) is 12.3 Å². The molecule has 3 aromatic rings. The summed E-state index contributed by atoms with van der Waals surface area (Å²) in [6.07, 6.45) is 11.8. The van der Waals surface area contributed by atoms with Crippen LogP contribution in [0.15, 0.2) is 42.7 Å². The standard InChI is InChI=1S/C22H27N5O/c28-21(23-13-11-16-15-25-19-10-6-5-9-18(16)19)20-12-14-24-22(27-20)26-17-7-3-1-2-4-8-17/h5-6,9-10,12,14-15,17,25H,1-4,7-8,11,13H2,(H,23,28)(H,24,26,27). The molecule has 0 aliphatic heterocycles. The van der Waals surface area contributed by atoms with Crippen LogP contribution in [-0.2, 0) is 6.42 Å². The fourth-order valence-corrected chi connectivity index (χ4v) is 3.90. The molecule has 1 aliphatic rings. The van der Waals surface area contributed by atoms with E-state index in [0.717, 1.165) is 24.8 Å². The Kier molecular flexibility index (Phi) is 5.85. The molecule has 2 aromatic heterocycles. The lowest BCUT2D eigenvalue weighted by molar-refractivity contribution is 0.0949. The van der Waals surface area contributed by atoms with Gasteiger partial charge in [-0.2, -0.15) is 0 Å². The number of rotatable bonds is 6. The van der Waals surface area contributed by atoms with Crippen LogP contribution >= 0.6 is 0 Å². The number of benzene rings is 1. The van der Waals surface area contributed by atoms with Gasteiger partial charge in [-0.3, -0.25) is 4.79 Å². The SMILES string of the molecule is O=C(NCCc1c[nH]c2ccccc12)c1ccnc(NC2CCCCCC2)n1. The molecule has 28 heavy (non-hydrogen) atoms. The fraction of sp³-hybridized carbons (Fsp3) is 0.409. The summed E-state index contributed by atoms with van der Waals surface area (Å²) in [5.41, 5.74) is 2.73. The first-order valence-electron chi connectivity index (χ1n) is 10.2. The third kappa shape index (κ3) is 4.50. The number of amides is 1. The van der Waals surface area contributed by atoms with Gasteiger partial charge in [-0.1, -0.05) is 43.9 Å². The van der Waals surface area contributed by atoms with Gasteiger partial charge < -0.3 is 15.6 Å². The lowest BCUT2D eigenvalue weighted by Crippen LogP contribution is -2.27. The maximum Gasteiger partial charge on any atom is 0.270 e. The van der Waals surface area contributed by atoms with Crippen molar-refractivity contribution in [1.82, 2.24) is 20.3 Å². The van der Waals surface area contributed by atoms with Gasteiger partial charge in [0.1, 0.15) is 5.69 Å². The molecular weight excluding hydrogens is 350 g/mol.